The molecular weight excluding hydrogens is 284 g/mol. The van der Waals surface area contributed by atoms with Gasteiger partial charge in [0.2, 0.25) is 0 Å². The van der Waals surface area contributed by atoms with E-state index in [1.807, 2.05) is 0 Å². The second-order valence-corrected chi connectivity index (χ2v) is 8.82. The Kier molecular flexibility index (Phi) is 6.99. The van der Waals surface area contributed by atoms with E-state index >= 15 is 0 Å². The molecule has 2 fully saturated rings. The van der Waals surface area contributed by atoms with Crippen molar-refractivity contribution < 1.29 is 10.2 Å². The molecule has 23 heavy (non-hydrogen) atoms. The average Bonchev–Trinajstić information content (AvgIpc) is 2.55. The lowest BCUT2D eigenvalue weighted by Gasteiger charge is -2.36. The van der Waals surface area contributed by atoms with Crippen LogP contribution in [0.2, 0.25) is 0 Å². The van der Waals surface area contributed by atoms with Crippen LogP contribution < -0.4 is 0 Å². The van der Waals surface area contributed by atoms with E-state index in [9.17, 15) is 10.2 Å². The first-order valence-electron chi connectivity index (χ1n) is 9.77. The molecule has 2 aliphatic rings. The summed E-state index contributed by atoms with van der Waals surface area (Å²) in [6, 6.07) is 0. The minimum Gasteiger partial charge on any atom is -0.391 e. The first kappa shape index (κ1) is 18.8. The van der Waals surface area contributed by atoms with Crippen molar-refractivity contribution in [3.63, 3.8) is 0 Å². The molecule has 0 bridgehead atoms. The van der Waals surface area contributed by atoms with Crippen molar-refractivity contribution in [1.29, 1.82) is 0 Å². The Hall–Kier alpha value is -0.520. The van der Waals surface area contributed by atoms with Gasteiger partial charge >= 0.3 is 0 Å². The topological polar surface area (TPSA) is 40.5 Å². The summed E-state index contributed by atoms with van der Waals surface area (Å²) in [5.41, 5.74) is -0.0865. The molecule has 0 aliphatic heterocycles. The third kappa shape index (κ3) is 5.80. The molecular formula is C21H36O2. The molecule has 0 amide bonds. The summed E-state index contributed by atoms with van der Waals surface area (Å²) in [6.45, 7) is 6.28. The highest BCUT2D eigenvalue weighted by atomic mass is 16.3. The molecule has 2 aliphatic carbocycles. The number of rotatable bonds is 4. The molecule has 3 atom stereocenters. The van der Waals surface area contributed by atoms with Crippen molar-refractivity contribution in [3.05, 3.63) is 0 Å². The summed E-state index contributed by atoms with van der Waals surface area (Å²) < 4.78 is 0. The Morgan fingerprint density at radius 3 is 1.48 bits per heavy atom. The van der Waals surface area contributed by atoms with E-state index < -0.39 is 12.2 Å². The fourth-order valence-corrected chi connectivity index (χ4v) is 4.21. The van der Waals surface area contributed by atoms with Crippen LogP contribution in [0.4, 0.5) is 0 Å². The van der Waals surface area contributed by atoms with E-state index in [-0.39, 0.29) is 11.3 Å². The predicted octanol–water partition coefficient (Wildman–Crippen LogP) is 4.53. The molecule has 0 aromatic rings. The summed E-state index contributed by atoms with van der Waals surface area (Å²) in [4.78, 5) is 0. The van der Waals surface area contributed by atoms with Crippen molar-refractivity contribution >= 4 is 0 Å². The van der Waals surface area contributed by atoms with E-state index in [2.05, 4.69) is 32.6 Å². The number of aliphatic hydroxyl groups is 2. The molecule has 0 heterocycles. The smallest absolute Gasteiger partial charge is 0.0730 e. The van der Waals surface area contributed by atoms with Crippen LogP contribution in [0, 0.1) is 35.0 Å². The second kappa shape index (κ2) is 8.54. The minimum absolute atomic E-state index is 0.0865. The summed E-state index contributed by atoms with van der Waals surface area (Å²) in [6.07, 6.45) is 10.8. The Morgan fingerprint density at radius 1 is 0.739 bits per heavy atom. The first-order chi connectivity index (χ1) is 10.9. The van der Waals surface area contributed by atoms with Crippen molar-refractivity contribution in [3.8, 4) is 11.8 Å². The zero-order valence-electron chi connectivity index (χ0n) is 15.4. The van der Waals surface area contributed by atoms with Crippen molar-refractivity contribution in [2.75, 3.05) is 0 Å². The predicted molar refractivity (Wildman–Crippen MR) is 95.9 cm³/mol. The lowest BCUT2D eigenvalue weighted by atomic mass is 9.73. The van der Waals surface area contributed by atoms with Crippen LogP contribution in [0.5, 0.6) is 0 Å². The zero-order valence-corrected chi connectivity index (χ0v) is 15.4. The molecule has 0 spiro atoms. The Balaban J connectivity index is 2.13. The van der Waals surface area contributed by atoms with Gasteiger partial charge in [0.1, 0.15) is 0 Å². The van der Waals surface area contributed by atoms with E-state index in [1.54, 1.807) is 0 Å². The fourth-order valence-electron chi connectivity index (χ4n) is 4.21. The highest BCUT2D eigenvalue weighted by Gasteiger charge is 2.36. The summed E-state index contributed by atoms with van der Waals surface area (Å²) in [7, 11) is 0. The second-order valence-electron chi connectivity index (χ2n) is 8.82. The maximum absolute atomic E-state index is 11.0. The van der Waals surface area contributed by atoms with E-state index in [0.29, 0.717) is 11.8 Å². The maximum atomic E-state index is 11.0. The molecule has 0 aromatic carbocycles. The van der Waals surface area contributed by atoms with E-state index in [0.717, 1.165) is 25.7 Å². The van der Waals surface area contributed by atoms with Gasteiger partial charge < -0.3 is 10.2 Å². The standard InChI is InChI=1S/C21H36O2/c1-21(2,3)15-14-18(19(22)16-10-6-4-7-11-16)20(23)17-12-8-5-9-13-17/h16-20,22-23H,4-13H2,1-3H3/t18?,19-,20+. The molecule has 0 aromatic heterocycles. The quantitative estimate of drug-likeness (QED) is 0.747. The molecule has 132 valence electrons. The van der Waals surface area contributed by atoms with Crippen LogP contribution in [0.15, 0.2) is 0 Å². The van der Waals surface area contributed by atoms with Crippen LogP contribution in [-0.4, -0.2) is 22.4 Å². The molecule has 1 unspecified atom stereocenters. The molecule has 0 saturated heterocycles. The molecule has 2 rings (SSSR count). The fraction of sp³-hybridized carbons (Fsp3) is 0.905. The SMILES string of the molecule is CC(C)(C)C#CC([C@H](O)C1CCCCC1)[C@@H](O)C1CCCCC1. The van der Waals surface area contributed by atoms with Crippen LogP contribution in [-0.2, 0) is 0 Å². The van der Waals surface area contributed by atoms with Crippen molar-refractivity contribution in [1.82, 2.24) is 0 Å². The lowest BCUT2D eigenvalue weighted by Crippen LogP contribution is -2.41. The molecule has 2 nitrogen and oxygen atoms in total. The van der Waals surface area contributed by atoms with Crippen LogP contribution in [0.1, 0.15) is 85.0 Å². The molecule has 2 N–H and O–H groups in total. The minimum atomic E-state index is -0.470. The first-order valence-corrected chi connectivity index (χ1v) is 9.77. The lowest BCUT2D eigenvalue weighted by molar-refractivity contribution is -0.0321. The van der Waals surface area contributed by atoms with Crippen LogP contribution in [0.25, 0.3) is 0 Å². The maximum Gasteiger partial charge on any atom is 0.0730 e. The van der Waals surface area contributed by atoms with Gasteiger partial charge in [0, 0.05) is 5.41 Å². The number of hydrogen-bond donors (Lipinski definition) is 2. The largest absolute Gasteiger partial charge is 0.391 e. The molecule has 0 radical (unpaired) electrons. The van der Waals surface area contributed by atoms with Crippen molar-refractivity contribution in [2.24, 2.45) is 23.2 Å². The Labute approximate surface area is 143 Å². The summed E-state index contributed by atoms with van der Waals surface area (Å²) in [5, 5.41) is 21.9. The van der Waals surface area contributed by atoms with Gasteiger partial charge in [-0.25, -0.2) is 0 Å². The number of hydrogen-bond acceptors (Lipinski definition) is 2. The van der Waals surface area contributed by atoms with Gasteiger partial charge in [-0.15, -0.1) is 0 Å². The van der Waals surface area contributed by atoms with Gasteiger partial charge in [-0.2, -0.15) is 0 Å². The normalized spacial score (nSPS) is 24.1. The van der Waals surface area contributed by atoms with Crippen molar-refractivity contribution in [2.45, 2.75) is 97.2 Å². The third-order valence-corrected chi connectivity index (χ3v) is 5.62. The van der Waals surface area contributed by atoms with Gasteiger partial charge in [0.15, 0.2) is 0 Å². The summed E-state index contributed by atoms with van der Waals surface area (Å²) >= 11 is 0. The van der Waals surface area contributed by atoms with Crippen LogP contribution >= 0.6 is 0 Å². The van der Waals surface area contributed by atoms with Crippen LogP contribution in [0.3, 0.4) is 0 Å². The zero-order chi connectivity index (χ0) is 16.9. The van der Waals surface area contributed by atoms with Gasteiger partial charge in [0.25, 0.3) is 0 Å². The molecule has 2 saturated carbocycles. The Bertz CT molecular complexity index is 376. The van der Waals surface area contributed by atoms with E-state index in [1.165, 1.54) is 38.5 Å². The Morgan fingerprint density at radius 2 is 1.13 bits per heavy atom. The summed E-state index contributed by atoms with van der Waals surface area (Å²) in [5.74, 6) is 6.96. The highest BCUT2D eigenvalue weighted by molar-refractivity contribution is 5.14. The highest BCUT2D eigenvalue weighted by Crippen LogP contribution is 2.35. The van der Waals surface area contributed by atoms with Gasteiger partial charge in [0.05, 0.1) is 18.1 Å². The number of aliphatic hydroxyl groups excluding tert-OH is 2. The van der Waals surface area contributed by atoms with Gasteiger partial charge in [-0.05, 0) is 58.3 Å². The van der Waals surface area contributed by atoms with Gasteiger partial charge in [-0.3, -0.25) is 0 Å². The average molecular weight is 321 g/mol. The third-order valence-electron chi connectivity index (χ3n) is 5.62. The van der Waals surface area contributed by atoms with Gasteiger partial charge in [-0.1, -0.05) is 50.4 Å². The molecule has 2 heteroatoms. The monoisotopic (exact) mass is 320 g/mol. The van der Waals surface area contributed by atoms with E-state index in [4.69, 9.17) is 0 Å².